The molecule has 0 amide bonds. The summed E-state index contributed by atoms with van der Waals surface area (Å²) in [5.74, 6) is 0.653. The highest BCUT2D eigenvalue weighted by atomic mass is 16.5. The third kappa shape index (κ3) is 3.74. The summed E-state index contributed by atoms with van der Waals surface area (Å²) in [5, 5.41) is 14.3. The van der Waals surface area contributed by atoms with Crippen LogP contribution in [0.4, 0.5) is 0 Å². The Kier molecular flexibility index (Phi) is 4.72. The lowest BCUT2D eigenvalue weighted by Crippen LogP contribution is -2.35. The molecule has 21 heavy (non-hydrogen) atoms. The maximum Gasteiger partial charge on any atom is 0.132 e. The molecule has 5 nitrogen and oxygen atoms in total. The second-order valence-electron chi connectivity index (χ2n) is 5.73. The van der Waals surface area contributed by atoms with Crippen LogP contribution in [-0.4, -0.2) is 27.7 Å². The summed E-state index contributed by atoms with van der Waals surface area (Å²) < 4.78 is 10.2. The van der Waals surface area contributed by atoms with Crippen LogP contribution in [0.2, 0.25) is 0 Å². The third-order valence-corrected chi connectivity index (χ3v) is 4.22. The van der Waals surface area contributed by atoms with Crippen LogP contribution in [0.25, 0.3) is 0 Å². The Morgan fingerprint density at radius 3 is 3.00 bits per heavy atom. The Balaban J connectivity index is 1.66. The average molecular weight is 290 g/mol. The zero-order chi connectivity index (χ0) is 14.5. The molecule has 2 aromatic heterocycles. The minimum absolute atomic E-state index is 0.351. The largest absolute Gasteiger partial charge is 0.467 e. The standard InChI is InChI=1S/C16H22N2O3/c19-15(16-6-4-9-20-16)11-14-5-2-1-3-8-18(14)12-13-7-10-21-17-13/h4,6-7,9-10,14-15,19H,1-3,5,8,11-12H2/t14-,15+/m1/s1. The lowest BCUT2D eigenvalue weighted by Gasteiger charge is -2.30. The van der Waals surface area contributed by atoms with Gasteiger partial charge in [-0.25, -0.2) is 0 Å². The molecule has 3 heterocycles. The van der Waals surface area contributed by atoms with E-state index in [1.807, 2.05) is 18.2 Å². The van der Waals surface area contributed by atoms with E-state index < -0.39 is 6.10 Å². The second kappa shape index (κ2) is 6.91. The van der Waals surface area contributed by atoms with E-state index in [-0.39, 0.29) is 0 Å². The number of likely N-dealkylation sites (tertiary alicyclic amines) is 1. The molecule has 1 fully saturated rings. The van der Waals surface area contributed by atoms with Gasteiger partial charge >= 0.3 is 0 Å². The van der Waals surface area contributed by atoms with Crippen LogP contribution in [0, 0.1) is 0 Å². The van der Waals surface area contributed by atoms with Crippen molar-refractivity contribution in [2.24, 2.45) is 0 Å². The Hall–Kier alpha value is -1.59. The number of aliphatic hydroxyl groups is 1. The quantitative estimate of drug-likeness (QED) is 0.916. The molecule has 0 bridgehead atoms. The van der Waals surface area contributed by atoms with E-state index in [4.69, 9.17) is 8.94 Å². The second-order valence-corrected chi connectivity index (χ2v) is 5.73. The Bertz CT molecular complexity index is 510. The molecule has 3 rings (SSSR count). The Labute approximate surface area is 124 Å². The van der Waals surface area contributed by atoms with E-state index in [0.717, 1.165) is 25.2 Å². The number of aromatic nitrogens is 1. The molecule has 0 radical (unpaired) electrons. The van der Waals surface area contributed by atoms with Gasteiger partial charge in [0.15, 0.2) is 0 Å². The average Bonchev–Trinajstić information content (AvgIpc) is 3.14. The maximum atomic E-state index is 10.3. The van der Waals surface area contributed by atoms with E-state index in [1.165, 1.54) is 19.3 Å². The normalized spacial score (nSPS) is 22.0. The SMILES string of the molecule is O[C@@H](C[C@H]1CCCCCN1Cc1ccon1)c1ccco1. The summed E-state index contributed by atoms with van der Waals surface area (Å²) >= 11 is 0. The molecular formula is C16H22N2O3. The van der Waals surface area contributed by atoms with Gasteiger partial charge in [0.25, 0.3) is 0 Å². The van der Waals surface area contributed by atoms with Gasteiger partial charge in [-0.3, -0.25) is 4.90 Å². The van der Waals surface area contributed by atoms with Crippen LogP contribution >= 0.6 is 0 Å². The zero-order valence-electron chi connectivity index (χ0n) is 12.1. The van der Waals surface area contributed by atoms with Crippen molar-refractivity contribution < 1.29 is 14.0 Å². The molecule has 0 spiro atoms. The smallest absolute Gasteiger partial charge is 0.132 e. The van der Waals surface area contributed by atoms with Gasteiger partial charge < -0.3 is 14.0 Å². The summed E-state index contributed by atoms with van der Waals surface area (Å²) in [7, 11) is 0. The Morgan fingerprint density at radius 2 is 2.24 bits per heavy atom. The molecule has 0 aliphatic carbocycles. The topological polar surface area (TPSA) is 62.6 Å². The molecule has 1 N–H and O–H groups in total. The van der Waals surface area contributed by atoms with Gasteiger partial charge in [0.1, 0.15) is 18.1 Å². The molecule has 0 unspecified atom stereocenters. The van der Waals surface area contributed by atoms with Crippen molar-refractivity contribution >= 4 is 0 Å². The molecule has 2 atom stereocenters. The summed E-state index contributed by atoms with van der Waals surface area (Å²) in [6, 6.07) is 5.91. The maximum absolute atomic E-state index is 10.3. The molecule has 0 aromatic carbocycles. The van der Waals surface area contributed by atoms with E-state index in [9.17, 15) is 5.11 Å². The van der Waals surface area contributed by atoms with Crippen molar-refractivity contribution in [1.29, 1.82) is 0 Å². The highest BCUT2D eigenvalue weighted by Crippen LogP contribution is 2.27. The fraction of sp³-hybridized carbons (Fsp3) is 0.562. The van der Waals surface area contributed by atoms with E-state index in [2.05, 4.69) is 10.1 Å². The third-order valence-electron chi connectivity index (χ3n) is 4.22. The van der Waals surface area contributed by atoms with Crippen LogP contribution in [0.15, 0.2) is 39.7 Å². The zero-order valence-corrected chi connectivity index (χ0v) is 12.1. The summed E-state index contributed by atoms with van der Waals surface area (Å²) in [6.07, 6.45) is 8.15. The van der Waals surface area contributed by atoms with Gasteiger partial charge in [0.2, 0.25) is 0 Å². The van der Waals surface area contributed by atoms with Crippen LogP contribution in [0.1, 0.15) is 49.7 Å². The number of nitrogens with zero attached hydrogens (tertiary/aromatic N) is 2. The lowest BCUT2D eigenvalue weighted by atomic mass is 10.0. The first kappa shape index (κ1) is 14.4. The van der Waals surface area contributed by atoms with Gasteiger partial charge in [-0.1, -0.05) is 18.0 Å². The fourth-order valence-electron chi connectivity index (χ4n) is 3.09. The van der Waals surface area contributed by atoms with Crippen molar-refractivity contribution in [2.75, 3.05) is 6.54 Å². The minimum atomic E-state index is -0.539. The van der Waals surface area contributed by atoms with Gasteiger partial charge in [0.05, 0.1) is 12.0 Å². The van der Waals surface area contributed by atoms with Crippen LogP contribution in [0.3, 0.4) is 0 Å². The summed E-state index contributed by atoms with van der Waals surface area (Å²) in [6.45, 7) is 1.83. The number of hydrogen-bond donors (Lipinski definition) is 1. The van der Waals surface area contributed by atoms with Gasteiger partial charge in [-0.15, -0.1) is 0 Å². The molecule has 1 aliphatic rings. The number of rotatable bonds is 5. The highest BCUT2D eigenvalue weighted by molar-refractivity contribution is 5.03. The molecular weight excluding hydrogens is 268 g/mol. The van der Waals surface area contributed by atoms with E-state index in [1.54, 1.807) is 12.5 Å². The van der Waals surface area contributed by atoms with E-state index >= 15 is 0 Å². The first-order valence-electron chi connectivity index (χ1n) is 7.67. The first-order valence-corrected chi connectivity index (χ1v) is 7.67. The molecule has 0 saturated carbocycles. The molecule has 5 heteroatoms. The Morgan fingerprint density at radius 1 is 1.29 bits per heavy atom. The fourth-order valence-corrected chi connectivity index (χ4v) is 3.09. The predicted octanol–water partition coefficient (Wildman–Crippen LogP) is 3.14. The molecule has 114 valence electrons. The predicted molar refractivity (Wildman–Crippen MR) is 77.5 cm³/mol. The number of hydrogen-bond acceptors (Lipinski definition) is 5. The highest BCUT2D eigenvalue weighted by Gasteiger charge is 2.25. The summed E-state index contributed by atoms with van der Waals surface area (Å²) in [4.78, 5) is 2.41. The van der Waals surface area contributed by atoms with Crippen molar-refractivity contribution in [2.45, 2.75) is 50.8 Å². The lowest BCUT2D eigenvalue weighted by molar-refractivity contribution is 0.0820. The summed E-state index contributed by atoms with van der Waals surface area (Å²) in [5.41, 5.74) is 0.953. The van der Waals surface area contributed by atoms with Crippen LogP contribution in [0.5, 0.6) is 0 Å². The van der Waals surface area contributed by atoms with E-state index in [0.29, 0.717) is 18.2 Å². The van der Waals surface area contributed by atoms with Gasteiger partial charge in [-0.2, -0.15) is 0 Å². The van der Waals surface area contributed by atoms with Crippen molar-refractivity contribution in [3.63, 3.8) is 0 Å². The minimum Gasteiger partial charge on any atom is -0.467 e. The molecule has 1 aliphatic heterocycles. The van der Waals surface area contributed by atoms with Crippen LogP contribution < -0.4 is 0 Å². The van der Waals surface area contributed by atoms with Crippen molar-refractivity contribution in [3.05, 3.63) is 42.2 Å². The number of furan rings is 1. The number of aliphatic hydroxyl groups excluding tert-OH is 1. The molecule has 2 aromatic rings. The van der Waals surface area contributed by atoms with Crippen LogP contribution in [-0.2, 0) is 6.54 Å². The molecule has 1 saturated heterocycles. The van der Waals surface area contributed by atoms with Crippen molar-refractivity contribution in [1.82, 2.24) is 10.1 Å². The van der Waals surface area contributed by atoms with Gasteiger partial charge in [-0.05, 0) is 37.9 Å². The van der Waals surface area contributed by atoms with Gasteiger partial charge in [0, 0.05) is 18.7 Å². The van der Waals surface area contributed by atoms with Crippen molar-refractivity contribution in [3.8, 4) is 0 Å². The monoisotopic (exact) mass is 290 g/mol. The first-order chi connectivity index (χ1) is 10.3.